The van der Waals surface area contributed by atoms with Gasteiger partial charge >= 0.3 is 0 Å². The van der Waals surface area contributed by atoms with E-state index < -0.39 is 23.9 Å². The van der Waals surface area contributed by atoms with E-state index in [0.717, 1.165) is 51.4 Å². The van der Waals surface area contributed by atoms with Crippen molar-refractivity contribution >= 4 is 35.8 Å². The molecule has 4 fully saturated rings. The van der Waals surface area contributed by atoms with Crippen LogP contribution in [0.3, 0.4) is 0 Å². The van der Waals surface area contributed by atoms with Gasteiger partial charge in [-0.2, -0.15) is 0 Å². The molecule has 4 bridgehead atoms. The van der Waals surface area contributed by atoms with Crippen LogP contribution >= 0.6 is 0 Å². The fourth-order valence-corrected chi connectivity index (χ4v) is 10.5. The number of pyridine rings is 2. The summed E-state index contributed by atoms with van der Waals surface area (Å²) in [6, 6.07) is 5.56. The second-order valence-corrected chi connectivity index (χ2v) is 17.4. The van der Waals surface area contributed by atoms with Crippen LogP contribution in [-0.4, -0.2) is 91.2 Å². The number of aromatic nitrogens is 2. The van der Waals surface area contributed by atoms with E-state index in [1.54, 1.807) is 33.4 Å². The molecule has 8 rings (SSSR count). The number of aliphatic hydroxyl groups is 2. The maximum atomic E-state index is 13.4. The highest BCUT2D eigenvalue weighted by Gasteiger charge is 2.59. The normalized spacial score (nSPS) is 27.8. The summed E-state index contributed by atoms with van der Waals surface area (Å²) in [5, 5.41) is 26.4. The maximum absolute atomic E-state index is 13.4. The highest BCUT2D eigenvalue weighted by atomic mass is 16.3. The predicted octanol–water partition coefficient (Wildman–Crippen LogP) is 3.40. The molecule has 4 N–H and O–H groups in total. The Hall–Kier alpha value is -4.82. The second-order valence-electron chi connectivity index (χ2n) is 17.4. The second kappa shape index (κ2) is 18.4. The van der Waals surface area contributed by atoms with Crippen LogP contribution in [-0.2, 0) is 32.3 Å². The highest BCUT2D eigenvalue weighted by molar-refractivity contribution is 5.87. The summed E-state index contributed by atoms with van der Waals surface area (Å²) in [5.41, 5.74) is 2.36. The van der Waals surface area contributed by atoms with Gasteiger partial charge in [-0.3, -0.25) is 28.8 Å². The van der Waals surface area contributed by atoms with Gasteiger partial charge in [-0.15, -0.1) is 0 Å². The molecule has 4 aliphatic heterocycles. The van der Waals surface area contributed by atoms with E-state index in [-0.39, 0.29) is 83.7 Å². The number of hydrogen-bond acceptors (Lipinski definition) is 8. The third-order valence-electron chi connectivity index (χ3n) is 14.0. The third-order valence-corrected chi connectivity index (χ3v) is 14.0. The summed E-state index contributed by atoms with van der Waals surface area (Å²) in [6.45, 7) is 9.05. The minimum absolute atomic E-state index is 0.00707. The number of aliphatic hydroxyl groups excluding tert-OH is 2. The van der Waals surface area contributed by atoms with Crippen molar-refractivity contribution < 1.29 is 29.4 Å². The summed E-state index contributed by atoms with van der Waals surface area (Å²) in [7, 11) is 0. The molecule has 2 aromatic rings. The van der Waals surface area contributed by atoms with Crippen LogP contribution in [0.5, 0.6) is 0 Å². The molecule has 6 aliphatic rings. The predicted molar refractivity (Wildman–Crippen MR) is 227 cm³/mol. The van der Waals surface area contributed by atoms with Crippen molar-refractivity contribution in [1.82, 2.24) is 29.6 Å². The molecule has 0 aromatic carbocycles. The summed E-state index contributed by atoms with van der Waals surface area (Å²) in [4.78, 5) is 82.9. The standard InChI is InChI=1S/2C23H31N3O4/c2*1-3-6-14-9-10-17-20-19(21(28)24-11-4-2)16(13-27)18(12-25(17)22(14)29)26(20)23(30)15-7-5-8-15/h2*3,6,9-10,15-16,18-20,27H,4-5,7-8,11-13H2,1-2H3,(H,24,28)/b6-3+;6-3-/t2*16-,18-,19+,20+/m11/s1. The molecule has 4 amide bonds. The van der Waals surface area contributed by atoms with Crippen molar-refractivity contribution in [2.75, 3.05) is 26.3 Å². The van der Waals surface area contributed by atoms with E-state index in [2.05, 4.69) is 10.6 Å². The molecule has 2 saturated carbocycles. The van der Waals surface area contributed by atoms with Gasteiger partial charge in [-0.05, 0) is 76.6 Å². The molecule has 14 heteroatoms. The molecule has 0 spiro atoms. The van der Waals surface area contributed by atoms with E-state index in [0.29, 0.717) is 48.7 Å². The lowest BCUT2D eigenvalue weighted by Gasteiger charge is -2.41. The lowest BCUT2D eigenvalue weighted by molar-refractivity contribution is -0.144. The van der Waals surface area contributed by atoms with E-state index in [1.165, 1.54) is 0 Å². The zero-order valence-corrected chi connectivity index (χ0v) is 35.4. The van der Waals surface area contributed by atoms with Crippen molar-refractivity contribution in [3.63, 3.8) is 0 Å². The first kappa shape index (κ1) is 43.3. The molecular weight excluding hydrogens is 765 g/mol. The van der Waals surface area contributed by atoms with E-state index in [1.807, 2.05) is 61.8 Å². The van der Waals surface area contributed by atoms with Gasteiger partial charge in [0.25, 0.3) is 11.1 Å². The van der Waals surface area contributed by atoms with Gasteiger partial charge in [0.2, 0.25) is 23.6 Å². The van der Waals surface area contributed by atoms with E-state index in [4.69, 9.17) is 0 Å². The van der Waals surface area contributed by atoms with Gasteiger partial charge in [0.15, 0.2) is 0 Å². The SMILES string of the molecule is C/C=C/c1ccc2n(c1=O)C[C@@H]1[C@@H](CO)[C@H](C(=O)NCCC)[C@H]2N1C(=O)C1CCC1.C/C=C\c1ccc2n(c1=O)C[C@@H]1[C@@H](CO)[C@H](C(=O)NCCC)[C@H]2N1C(=O)C1CCC1. The zero-order chi connectivity index (χ0) is 42.8. The minimum Gasteiger partial charge on any atom is -0.396 e. The monoisotopic (exact) mass is 826 g/mol. The maximum Gasteiger partial charge on any atom is 0.258 e. The third kappa shape index (κ3) is 7.47. The van der Waals surface area contributed by atoms with Crippen molar-refractivity contribution in [2.24, 2.45) is 35.5 Å². The average Bonchev–Trinajstić information content (AvgIpc) is 3.59. The largest absolute Gasteiger partial charge is 0.396 e. The van der Waals surface area contributed by atoms with Crippen molar-refractivity contribution in [3.05, 3.63) is 79.6 Å². The van der Waals surface area contributed by atoms with Crippen LogP contribution in [0.25, 0.3) is 12.2 Å². The van der Waals surface area contributed by atoms with E-state index >= 15 is 0 Å². The first-order valence-electron chi connectivity index (χ1n) is 22.2. The highest BCUT2D eigenvalue weighted by Crippen LogP contribution is 2.51. The van der Waals surface area contributed by atoms with Gasteiger partial charge in [0.1, 0.15) is 0 Å². The molecule has 324 valence electrons. The summed E-state index contributed by atoms with van der Waals surface area (Å²) in [5.74, 6) is -2.07. The minimum atomic E-state index is -0.559. The zero-order valence-electron chi connectivity index (χ0n) is 35.4. The first-order valence-corrected chi connectivity index (χ1v) is 22.2. The number of amides is 4. The Balaban J connectivity index is 0.000000181. The van der Waals surface area contributed by atoms with Gasteiger partial charge in [-0.25, -0.2) is 0 Å². The number of hydrogen-bond donors (Lipinski definition) is 4. The van der Waals surface area contributed by atoms with Crippen LogP contribution < -0.4 is 21.8 Å². The molecule has 14 nitrogen and oxygen atoms in total. The van der Waals surface area contributed by atoms with E-state index in [9.17, 15) is 39.0 Å². The quantitative estimate of drug-likeness (QED) is 0.251. The molecule has 2 saturated heterocycles. The van der Waals surface area contributed by atoms with Crippen molar-refractivity contribution in [2.45, 2.75) is 116 Å². The van der Waals surface area contributed by atoms with Crippen LogP contribution in [0.4, 0.5) is 0 Å². The number of nitrogens with one attached hydrogen (secondary N) is 2. The lowest BCUT2D eigenvalue weighted by Crippen LogP contribution is -2.51. The Morgan fingerprint density at radius 2 is 1.03 bits per heavy atom. The first-order chi connectivity index (χ1) is 29.1. The smallest absolute Gasteiger partial charge is 0.258 e. The number of nitrogens with zero attached hydrogens (tertiary/aromatic N) is 4. The topological polar surface area (TPSA) is 183 Å². The summed E-state index contributed by atoms with van der Waals surface area (Å²) >= 11 is 0. The van der Waals surface area contributed by atoms with Crippen LogP contribution in [0, 0.1) is 35.5 Å². The number of carbonyl (C=O) groups excluding carboxylic acids is 4. The Labute approximate surface area is 351 Å². The lowest BCUT2D eigenvalue weighted by atomic mass is 9.83. The molecule has 0 radical (unpaired) electrons. The number of allylic oxidation sites excluding steroid dienone is 2. The molecule has 2 aromatic heterocycles. The van der Waals surface area contributed by atoms with Gasteiger partial charge in [0, 0.05) is 85.6 Å². The van der Waals surface area contributed by atoms with Crippen molar-refractivity contribution in [1.29, 1.82) is 0 Å². The van der Waals surface area contributed by atoms with Crippen LogP contribution in [0.15, 0.2) is 46.0 Å². The van der Waals surface area contributed by atoms with Gasteiger partial charge in [-0.1, -0.05) is 51.0 Å². The Morgan fingerprint density at radius 3 is 1.33 bits per heavy atom. The molecule has 60 heavy (non-hydrogen) atoms. The van der Waals surface area contributed by atoms with Gasteiger partial charge in [0.05, 0.1) is 36.0 Å². The van der Waals surface area contributed by atoms with Crippen molar-refractivity contribution in [3.8, 4) is 0 Å². The number of fused-ring (bicyclic) bond motifs is 8. The van der Waals surface area contributed by atoms with Crippen LogP contribution in [0.1, 0.15) is 114 Å². The summed E-state index contributed by atoms with van der Waals surface area (Å²) in [6.07, 6.45) is 14.4. The molecule has 6 heterocycles. The summed E-state index contributed by atoms with van der Waals surface area (Å²) < 4.78 is 3.43. The Kier molecular flexibility index (Phi) is 13.3. The van der Waals surface area contributed by atoms with Gasteiger partial charge < -0.3 is 39.8 Å². The molecule has 2 aliphatic carbocycles. The molecule has 8 atom stereocenters. The fourth-order valence-electron chi connectivity index (χ4n) is 10.5. The average molecular weight is 827 g/mol. The Bertz CT molecular complexity index is 1980. The number of carbonyl (C=O) groups is 4. The number of rotatable bonds is 12. The fraction of sp³-hybridized carbons (Fsp3) is 0.609. The van der Waals surface area contributed by atoms with Crippen LogP contribution in [0.2, 0.25) is 0 Å². The Morgan fingerprint density at radius 1 is 0.650 bits per heavy atom. The molecular formula is C46H62N6O8. The molecule has 0 unspecified atom stereocenters.